The molecule has 0 radical (unpaired) electrons. The van der Waals surface area contributed by atoms with E-state index >= 15 is 0 Å². The van der Waals surface area contributed by atoms with E-state index < -0.39 is 0 Å². The Hall–Kier alpha value is -2.38. The maximum Gasteiger partial charge on any atom is 0.256 e. The van der Waals surface area contributed by atoms with E-state index in [4.69, 9.17) is 4.74 Å². The molecule has 1 N–H and O–H groups in total. The fraction of sp³-hybridized carbons (Fsp3) is 0.524. The average molecular weight is 386 g/mol. The number of fused-ring (bicyclic) bond motifs is 1. The van der Waals surface area contributed by atoms with Crippen molar-refractivity contribution in [3.05, 3.63) is 36.0 Å². The third-order valence-corrected chi connectivity index (χ3v) is 5.48. The molecule has 0 bridgehead atoms. The van der Waals surface area contributed by atoms with Crippen LogP contribution in [-0.4, -0.2) is 78.7 Å². The number of likely N-dealkylation sites (N-methyl/N-ethyl adjacent to an activating group) is 1. The monoisotopic (exact) mass is 386 g/mol. The molecular formula is C21H30N4O3. The smallest absolute Gasteiger partial charge is 0.256 e. The van der Waals surface area contributed by atoms with E-state index in [-0.39, 0.29) is 23.9 Å². The number of amides is 2. The minimum absolute atomic E-state index is 0.0234. The van der Waals surface area contributed by atoms with Crippen molar-refractivity contribution in [2.75, 3.05) is 40.4 Å². The zero-order valence-corrected chi connectivity index (χ0v) is 17.1. The molecule has 1 aliphatic heterocycles. The Morgan fingerprint density at radius 3 is 2.68 bits per heavy atom. The van der Waals surface area contributed by atoms with Crippen LogP contribution in [0.2, 0.25) is 0 Å². The lowest BCUT2D eigenvalue weighted by molar-refractivity contribution is -0.128. The van der Waals surface area contributed by atoms with Crippen LogP contribution in [0, 0.1) is 0 Å². The van der Waals surface area contributed by atoms with Gasteiger partial charge in [0, 0.05) is 63.5 Å². The Labute approximate surface area is 166 Å². The molecule has 2 amide bonds. The highest BCUT2D eigenvalue weighted by Crippen LogP contribution is 2.24. The molecule has 0 saturated carbocycles. The van der Waals surface area contributed by atoms with E-state index in [1.807, 2.05) is 30.5 Å². The molecule has 152 valence electrons. The number of hydrogen-bond donors (Lipinski definition) is 1. The number of hydrogen-bond acceptors (Lipinski definition) is 4. The molecule has 0 spiro atoms. The minimum Gasteiger partial charge on any atom is -0.383 e. The summed E-state index contributed by atoms with van der Waals surface area (Å²) in [5, 5.41) is 3.68. The third-order valence-electron chi connectivity index (χ3n) is 5.48. The van der Waals surface area contributed by atoms with Crippen LogP contribution >= 0.6 is 0 Å². The topological polar surface area (TPSA) is 66.8 Å². The van der Waals surface area contributed by atoms with E-state index in [9.17, 15) is 9.59 Å². The van der Waals surface area contributed by atoms with Gasteiger partial charge in [-0.25, -0.2) is 0 Å². The number of carbonyl (C=O) groups is 2. The van der Waals surface area contributed by atoms with Crippen LogP contribution in [0.5, 0.6) is 0 Å². The lowest BCUT2D eigenvalue weighted by atomic mass is 10.1. The van der Waals surface area contributed by atoms with Crippen LogP contribution in [-0.2, 0) is 16.1 Å². The Bertz CT molecular complexity index is 845. The average Bonchev–Trinajstić information content (AvgIpc) is 3.09. The maximum atomic E-state index is 13.4. The van der Waals surface area contributed by atoms with Gasteiger partial charge in [-0.1, -0.05) is 18.2 Å². The zero-order chi connectivity index (χ0) is 20.3. The highest BCUT2D eigenvalue weighted by atomic mass is 16.5. The fourth-order valence-electron chi connectivity index (χ4n) is 3.96. The van der Waals surface area contributed by atoms with E-state index in [1.54, 1.807) is 19.1 Å². The van der Waals surface area contributed by atoms with Gasteiger partial charge >= 0.3 is 0 Å². The third kappa shape index (κ3) is 3.91. The van der Waals surface area contributed by atoms with Gasteiger partial charge in [0.15, 0.2) is 0 Å². The Kier molecular flexibility index (Phi) is 6.36. The Morgan fingerprint density at radius 2 is 2.00 bits per heavy atom. The van der Waals surface area contributed by atoms with Crippen LogP contribution in [0.15, 0.2) is 30.5 Å². The van der Waals surface area contributed by atoms with Crippen LogP contribution in [0.4, 0.5) is 0 Å². The van der Waals surface area contributed by atoms with Gasteiger partial charge in [-0.2, -0.15) is 0 Å². The molecule has 28 heavy (non-hydrogen) atoms. The standard InChI is InChI=1S/C21H30N4O3/c1-15(2)25-10-9-24(14-19(25)20(26)22-3)21(27)17-13-23(11-12-28-4)18-8-6-5-7-16(17)18/h5-8,13,15,19H,9-12,14H2,1-4H3,(H,22,26)/t19-/m1/s1. The van der Waals surface area contributed by atoms with E-state index in [1.165, 1.54) is 0 Å². The number of nitrogens with zero attached hydrogens (tertiary/aromatic N) is 3. The van der Waals surface area contributed by atoms with Gasteiger partial charge in [-0.3, -0.25) is 14.5 Å². The van der Waals surface area contributed by atoms with Gasteiger partial charge in [0.1, 0.15) is 6.04 Å². The van der Waals surface area contributed by atoms with E-state index in [0.717, 1.165) is 10.9 Å². The molecule has 3 rings (SSSR count). The number of benzene rings is 1. The molecule has 0 aliphatic carbocycles. The summed E-state index contributed by atoms with van der Waals surface area (Å²) in [4.78, 5) is 29.7. The van der Waals surface area contributed by atoms with Gasteiger partial charge < -0.3 is 19.5 Å². The van der Waals surface area contributed by atoms with Crippen molar-refractivity contribution in [1.82, 2.24) is 19.7 Å². The van der Waals surface area contributed by atoms with Gasteiger partial charge in [-0.15, -0.1) is 0 Å². The summed E-state index contributed by atoms with van der Waals surface area (Å²) in [5.74, 6) is -0.0709. The van der Waals surface area contributed by atoms with Crippen molar-refractivity contribution in [2.45, 2.75) is 32.5 Å². The van der Waals surface area contributed by atoms with Crippen molar-refractivity contribution in [3.8, 4) is 0 Å². The lowest BCUT2D eigenvalue weighted by Crippen LogP contribution is -2.61. The number of methoxy groups -OCH3 is 1. The Morgan fingerprint density at radius 1 is 1.25 bits per heavy atom. The number of nitrogens with one attached hydrogen (secondary N) is 1. The molecule has 7 heteroatoms. The molecule has 1 saturated heterocycles. The number of piperazine rings is 1. The van der Waals surface area contributed by atoms with Gasteiger partial charge in [0.2, 0.25) is 5.91 Å². The number of carbonyl (C=O) groups excluding carboxylic acids is 2. The van der Waals surface area contributed by atoms with Crippen LogP contribution in [0.1, 0.15) is 24.2 Å². The zero-order valence-electron chi connectivity index (χ0n) is 17.1. The first-order valence-electron chi connectivity index (χ1n) is 9.81. The summed E-state index contributed by atoms with van der Waals surface area (Å²) >= 11 is 0. The summed E-state index contributed by atoms with van der Waals surface area (Å²) in [6, 6.07) is 7.84. The summed E-state index contributed by atoms with van der Waals surface area (Å²) in [6.07, 6.45) is 1.91. The van der Waals surface area contributed by atoms with Gasteiger partial charge in [0.05, 0.1) is 12.2 Å². The molecular weight excluding hydrogens is 356 g/mol. The van der Waals surface area contributed by atoms with Gasteiger partial charge in [-0.05, 0) is 19.9 Å². The Balaban J connectivity index is 1.89. The van der Waals surface area contributed by atoms with E-state index in [0.29, 0.717) is 38.3 Å². The highest BCUT2D eigenvalue weighted by molar-refractivity contribution is 6.07. The van der Waals surface area contributed by atoms with Crippen molar-refractivity contribution in [2.24, 2.45) is 0 Å². The molecule has 7 nitrogen and oxygen atoms in total. The lowest BCUT2D eigenvalue weighted by Gasteiger charge is -2.42. The highest BCUT2D eigenvalue weighted by Gasteiger charge is 2.35. The van der Waals surface area contributed by atoms with Crippen molar-refractivity contribution in [1.29, 1.82) is 0 Å². The number of ether oxygens (including phenoxy) is 1. The SMILES string of the molecule is CNC(=O)[C@H]1CN(C(=O)c2cn(CCOC)c3ccccc23)CCN1C(C)C. The molecule has 1 atom stereocenters. The molecule has 1 aromatic carbocycles. The number of rotatable bonds is 6. The predicted molar refractivity (Wildman–Crippen MR) is 109 cm³/mol. The van der Waals surface area contributed by atoms with Crippen LogP contribution in [0.3, 0.4) is 0 Å². The van der Waals surface area contributed by atoms with Crippen LogP contribution in [0.25, 0.3) is 10.9 Å². The second-order valence-electron chi connectivity index (χ2n) is 7.46. The maximum absolute atomic E-state index is 13.4. The molecule has 1 aromatic heterocycles. The molecule has 0 unspecified atom stereocenters. The van der Waals surface area contributed by atoms with Crippen molar-refractivity contribution in [3.63, 3.8) is 0 Å². The quantitative estimate of drug-likeness (QED) is 0.818. The summed E-state index contributed by atoms with van der Waals surface area (Å²) in [5.41, 5.74) is 1.70. The summed E-state index contributed by atoms with van der Waals surface area (Å²) < 4.78 is 7.26. The summed E-state index contributed by atoms with van der Waals surface area (Å²) in [6.45, 7) is 7.12. The van der Waals surface area contributed by atoms with Gasteiger partial charge in [0.25, 0.3) is 5.91 Å². The molecule has 2 heterocycles. The first-order chi connectivity index (χ1) is 13.5. The first-order valence-corrected chi connectivity index (χ1v) is 9.81. The largest absolute Gasteiger partial charge is 0.383 e. The second kappa shape index (κ2) is 8.75. The minimum atomic E-state index is -0.329. The van der Waals surface area contributed by atoms with E-state index in [2.05, 4.69) is 28.6 Å². The summed E-state index contributed by atoms with van der Waals surface area (Å²) in [7, 11) is 3.32. The fourth-order valence-corrected chi connectivity index (χ4v) is 3.96. The number of aromatic nitrogens is 1. The van der Waals surface area contributed by atoms with Crippen molar-refractivity contribution >= 4 is 22.7 Å². The molecule has 2 aromatic rings. The predicted octanol–water partition coefficient (Wildman–Crippen LogP) is 1.57. The first kappa shape index (κ1) is 20.4. The number of para-hydroxylation sites is 1. The van der Waals surface area contributed by atoms with Crippen molar-refractivity contribution < 1.29 is 14.3 Å². The molecule has 1 aliphatic rings. The van der Waals surface area contributed by atoms with Crippen LogP contribution < -0.4 is 5.32 Å². The normalized spacial score (nSPS) is 18.0. The molecule has 1 fully saturated rings. The second-order valence-corrected chi connectivity index (χ2v) is 7.46.